The summed E-state index contributed by atoms with van der Waals surface area (Å²) in [5.74, 6) is -0.0624. The molecule has 0 radical (unpaired) electrons. The molecule has 4 N–H and O–H groups in total. The van der Waals surface area contributed by atoms with E-state index in [1.807, 2.05) is 6.92 Å². The summed E-state index contributed by atoms with van der Waals surface area (Å²) >= 11 is 0. The largest absolute Gasteiger partial charge is 0.508 e. The van der Waals surface area contributed by atoms with E-state index < -0.39 is 0 Å². The van der Waals surface area contributed by atoms with Crippen LogP contribution in [0.4, 0.5) is 11.4 Å². The maximum Gasteiger partial charge on any atom is 0.255 e. The quantitative estimate of drug-likeness (QED) is 0.723. The summed E-state index contributed by atoms with van der Waals surface area (Å²) in [6.07, 6.45) is 0. The number of rotatable bonds is 2. The highest BCUT2D eigenvalue weighted by atomic mass is 16.3. The summed E-state index contributed by atoms with van der Waals surface area (Å²) in [4.78, 5) is 12.1. The number of hydrogen-bond acceptors (Lipinski definition) is 3. The van der Waals surface area contributed by atoms with E-state index in [2.05, 4.69) is 5.32 Å². The van der Waals surface area contributed by atoms with Crippen LogP contribution in [-0.4, -0.2) is 11.0 Å². The molecule has 19 heavy (non-hydrogen) atoms. The predicted molar refractivity (Wildman–Crippen MR) is 76.4 cm³/mol. The zero-order chi connectivity index (χ0) is 14.0. The van der Waals surface area contributed by atoms with Gasteiger partial charge in [0.25, 0.3) is 5.91 Å². The first-order valence-corrected chi connectivity index (χ1v) is 5.94. The lowest BCUT2D eigenvalue weighted by atomic mass is 10.1. The van der Waals surface area contributed by atoms with Gasteiger partial charge in [0, 0.05) is 23.0 Å². The van der Waals surface area contributed by atoms with Crippen LogP contribution in [0.5, 0.6) is 5.75 Å². The number of aryl methyl sites for hydroxylation is 2. The first-order chi connectivity index (χ1) is 8.97. The summed E-state index contributed by atoms with van der Waals surface area (Å²) in [7, 11) is 0. The zero-order valence-electron chi connectivity index (χ0n) is 10.9. The predicted octanol–water partition coefficient (Wildman–Crippen LogP) is 2.84. The molecule has 0 aliphatic carbocycles. The lowest BCUT2D eigenvalue weighted by Gasteiger charge is -2.09. The number of carbonyl (C=O) groups excluding carboxylic acids is 1. The van der Waals surface area contributed by atoms with E-state index in [9.17, 15) is 9.90 Å². The lowest BCUT2D eigenvalue weighted by Crippen LogP contribution is -2.13. The number of amides is 1. The number of benzene rings is 2. The van der Waals surface area contributed by atoms with Crippen LogP contribution in [0.1, 0.15) is 21.5 Å². The average molecular weight is 256 g/mol. The number of nitrogen functional groups attached to an aromatic ring is 1. The number of aromatic hydroxyl groups is 1. The van der Waals surface area contributed by atoms with Crippen molar-refractivity contribution < 1.29 is 9.90 Å². The van der Waals surface area contributed by atoms with Crippen LogP contribution in [0.3, 0.4) is 0 Å². The van der Waals surface area contributed by atoms with Gasteiger partial charge in [-0.1, -0.05) is 6.07 Å². The van der Waals surface area contributed by atoms with Crippen LogP contribution < -0.4 is 11.1 Å². The Kier molecular flexibility index (Phi) is 3.42. The van der Waals surface area contributed by atoms with Crippen molar-refractivity contribution in [1.29, 1.82) is 0 Å². The van der Waals surface area contributed by atoms with Gasteiger partial charge in [-0.3, -0.25) is 4.79 Å². The minimum atomic E-state index is -0.222. The zero-order valence-corrected chi connectivity index (χ0v) is 10.9. The molecule has 1 amide bonds. The topological polar surface area (TPSA) is 75.4 Å². The molecular weight excluding hydrogens is 240 g/mol. The molecule has 2 aromatic rings. The van der Waals surface area contributed by atoms with Gasteiger partial charge in [0.1, 0.15) is 5.75 Å². The fourth-order valence-electron chi connectivity index (χ4n) is 1.83. The minimum Gasteiger partial charge on any atom is -0.508 e. The molecule has 0 unspecified atom stereocenters. The SMILES string of the molecule is Cc1ccc(NC(=O)c2ccc(N)cc2C)cc1O. The Hall–Kier alpha value is -2.49. The molecule has 2 rings (SSSR count). The van der Waals surface area contributed by atoms with Crippen LogP contribution in [0.2, 0.25) is 0 Å². The van der Waals surface area contributed by atoms with E-state index in [0.29, 0.717) is 16.9 Å². The first kappa shape index (κ1) is 13.0. The first-order valence-electron chi connectivity index (χ1n) is 5.94. The van der Waals surface area contributed by atoms with E-state index in [-0.39, 0.29) is 11.7 Å². The van der Waals surface area contributed by atoms with Crippen LogP contribution in [0.15, 0.2) is 36.4 Å². The third-order valence-electron chi connectivity index (χ3n) is 2.96. The van der Waals surface area contributed by atoms with Crippen molar-refractivity contribution in [2.45, 2.75) is 13.8 Å². The summed E-state index contributed by atoms with van der Waals surface area (Å²) in [5, 5.41) is 12.4. The molecule has 0 aromatic heterocycles. The fourth-order valence-corrected chi connectivity index (χ4v) is 1.83. The second kappa shape index (κ2) is 5.02. The van der Waals surface area contributed by atoms with Crippen molar-refractivity contribution in [2.24, 2.45) is 0 Å². The molecule has 0 saturated carbocycles. The highest BCUT2D eigenvalue weighted by Crippen LogP contribution is 2.22. The molecule has 4 nitrogen and oxygen atoms in total. The fraction of sp³-hybridized carbons (Fsp3) is 0.133. The summed E-state index contributed by atoms with van der Waals surface area (Å²) in [5.41, 5.74) is 8.98. The van der Waals surface area contributed by atoms with Crippen LogP contribution in [0.25, 0.3) is 0 Å². The molecule has 2 aromatic carbocycles. The van der Waals surface area contributed by atoms with Gasteiger partial charge in [-0.05, 0) is 49.2 Å². The molecule has 0 fully saturated rings. The number of anilines is 2. The van der Waals surface area contributed by atoms with Crippen molar-refractivity contribution in [2.75, 3.05) is 11.1 Å². The van der Waals surface area contributed by atoms with Gasteiger partial charge >= 0.3 is 0 Å². The molecule has 0 spiro atoms. The Morgan fingerprint density at radius 1 is 1.11 bits per heavy atom. The third-order valence-corrected chi connectivity index (χ3v) is 2.96. The Morgan fingerprint density at radius 2 is 1.84 bits per heavy atom. The molecule has 0 aliphatic rings. The maximum atomic E-state index is 12.1. The Bertz CT molecular complexity index is 636. The Morgan fingerprint density at radius 3 is 2.47 bits per heavy atom. The Labute approximate surface area is 111 Å². The molecule has 0 atom stereocenters. The molecule has 0 bridgehead atoms. The van der Waals surface area contributed by atoms with E-state index in [1.54, 1.807) is 37.3 Å². The number of nitrogens with two attached hydrogens (primary N) is 1. The molecule has 98 valence electrons. The van der Waals surface area contributed by atoms with Crippen molar-refractivity contribution in [3.05, 3.63) is 53.1 Å². The summed E-state index contributed by atoms with van der Waals surface area (Å²) in [6.45, 7) is 3.63. The third kappa shape index (κ3) is 2.85. The van der Waals surface area contributed by atoms with Gasteiger partial charge in [-0.15, -0.1) is 0 Å². The molecule has 0 heterocycles. The van der Waals surface area contributed by atoms with E-state index in [0.717, 1.165) is 11.1 Å². The van der Waals surface area contributed by atoms with Crippen LogP contribution in [-0.2, 0) is 0 Å². The van der Waals surface area contributed by atoms with Crippen molar-refractivity contribution in [3.63, 3.8) is 0 Å². The van der Waals surface area contributed by atoms with Crippen molar-refractivity contribution >= 4 is 17.3 Å². The van der Waals surface area contributed by atoms with Gasteiger partial charge in [0.15, 0.2) is 0 Å². The van der Waals surface area contributed by atoms with E-state index >= 15 is 0 Å². The van der Waals surface area contributed by atoms with Gasteiger partial charge in [-0.2, -0.15) is 0 Å². The standard InChI is InChI=1S/C15H16N2O2/c1-9-3-5-12(8-14(9)18)17-15(19)13-6-4-11(16)7-10(13)2/h3-8,18H,16H2,1-2H3,(H,17,19). The Balaban J connectivity index is 2.23. The van der Waals surface area contributed by atoms with E-state index in [1.165, 1.54) is 6.07 Å². The highest BCUT2D eigenvalue weighted by molar-refractivity contribution is 6.05. The number of carbonyl (C=O) groups is 1. The van der Waals surface area contributed by atoms with Crippen molar-refractivity contribution in [1.82, 2.24) is 0 Å². The average Bonchev–Trinajstić information content (AvgIpc) is 2.33. The van der Waals surface area contributed by atoms with Gasteiger partial charge in [-0.25, -0.2) is 0 Å². The number of nitrogens with one attached hydrogen (secondary N) is 1. The van der Waals surface area contributed by atoms with E-state index in [4.69, 9.17) is 5.73 Å². The monoisotopic (exact) mass is 256 g/mol. The molecular formula is C15H16N2O2. The lowest BCUT2D eigenvalue weighted by molar-refractivity contribution is 0.102. The smallest absolute Gasteiger partial charge is 0.255 e. The minimum absolute atomic E-state index is 0.159. The normalized spacial score (nSPS) is 10.2. The molecule has 0 saturated heterocycles. The highest BCUT2D eigenvalue weighted by Gasteiger charge is 2.10. The second-order valence-corrected chi connectivity index (χ2v) is 4.53. The summed E-state index contributed by atoms with van der Waals surface area (Å²) < 4.78 is 0. The van der Waals surface area contributed by atoms with Gasteiger partial charge in [0.05, 0.1) is 0 Å². The van der Waals surface area contributed by atoms with Crippen LogP contribution in [0, 0.1) is 13.8 Å². The van der Waals surface area contributed by atoms with Crippen molar-refractivity contribution in [3.8, 4) is 5.75 Å². The maximum absolute atomic E-state index is 12.1. The second-order valence-electron chi connectivity index (χ2n) is 4.53. The van der Waals surface area contributed by atoms with Gasteiger partial charge < -0.3 is 16.2 Å². The van der Waals surface area contributed by atoms with Crippen LogP contribution >= 0.6 is 0 Å². The molecule has 0 aliphatic heterocycles. The summed E-state index contributed by atoms with van der Waals surface area (Å²) in [6, 6.07) is 10.2. The molecule has 4 heteroatoms. The number of hydrogen-bond donors (Lipinski definition) is 3. The number of phenols is 1. The number of phenolic OH excluding ortho intramolecular Hbond substituents is 1. The van der Waals surface area contributed by atoms with Gasteiger partial charge in [0.2, 0.25) is 0 Å².